The first kappa shape index (κ1) is 14.0. The number of nitrogens with zero attached hydrogens (tertiary/aromatic N) is 1. The molecule has 0 aliphatic carbocycles. The Balaban J connectivity index is 2.00. The van der Waals surface area contributed by atoms with E-state index < -0.39 is 0 Å². The fourth-order valence-electron chi connectivity index (χ4n) is 2.21. The second-order valence-corrected chi connectivity index (χ2v) is 5.69. The average molecular weight is 277 g/mol. The van der Waals surface area contributed by atoms with Crippen molar-refractivity contribution in [3.63, 3.8) is 0 Å². The van der Waals surface area contributed by atoms with Gasteiger partial charge in [0.1, 0.15) is 5.82 Å². The van der Waals surface area contributed by atoms with Crippen molar-refractivity contribution in [2.75, 3.05) is 6.54 Å². The van der Waals surface area contributed by atoms with Gasteiger partial charge in [-0.1, -0.05) is 6.07 Å². The Kier molecular flexibility index (Phi) is 4.50. The third-order valence-electron chi connectivity index (χ3n) is 3.10. The number of aromatic amines is 1. The molecule has 0 amide bonds. The second-order valence-electron chi connectivity index (χ2n) is 4.66. The van der Waals surface area contributed by atoms with E-state index in [2.05, 4.69) is 32.8 Å². The predicted molar refractivity (Wildman–Crippen MR) is 78.8 cm³/mol. The molecule has 0 aliphatic heterocycles. The van der Waals surface area contributed by atoms with Crippen molar-refractivity contribution >= 4 is 11.3 Å². The van der Waals surface area contributed by atoms with Crippen LogP contribution in [0, 0.1) is 13.8 Å². The lowest BCUT2D eigenvalue weighted by molar-refractivity contribution is 0.566. The number of rotatable bonds is 5. The molecule has 0 saturated heterocycles. The highest BCUT2D eigenvalue weighted by Gasteiger charge is 2.13. The molecule has 1 atom stereocenters. The van der Waals surface area contributed by atoms with Crippen molar-refractivity contribution < 1.29 is 0 Å². The van der Waals surface area contributed by atoms with Crippen LogP contribution in [-0.4, -0.2) is 16.5 Å². The molecule has 4 nitrogen and oxygen atoms in total. The third kappa shape index (κ3) is 3.52. The molecule has 0 aliphatic rings. The molecule has 2 aromatic rings. The van der Waals surface area contributed by atoms with Crippen molar-refractivity contribution in [2.24, 2.45) is 0 Å². The molecule has 2 rings (SSSR count). The monoisotopic (exact) mass is 277 g/mol. The van der Waals surface area contributed by atoms with Gasteiger partial charge in [-0.15, -0.1) is 11.3 Å². The van der Waals surface area contributed by atoms with E-state index >= 15 is 0 Å². The first-order valence-electron chi connectivity index (χ1n) is 6.41. The van der Waals surface area contributed by atoms with Crippen LogP contribution in [0.2, 0.25) is 0 Å². The van der Waals surface area contributed by atoms with Gasteiger partial charge in [0.15, 0.2) is 0 Å². The largest absolute Gasteiger partial charge is 0.310 e. The van der Waals surface area contributed by atoms with E-state index in [9.17, 15) is 4.79 Å². The molecule has 19 heavy (non-hydrogen) atoms. The fourth-order valence-corrected chi connectivity index (χ4v) is 2.92. The number of H-pyrrole nitrogens is 1. The predicted octanol–water partition coefficient (Wildman–Crippen LogP) is 2.34. The van der Waals surface area contributed by atoms with Crippen molar-refractivity contribution in [1.29, 1.82) is 0 Å². The minimum Gasteiger partial charge on any atom is -0.310 e. The summed E-state index contributed by atoms with van der Waals surface area (Å²) in [5, 5.41) is 5.47. The maximum Gasteiger partial charge on any atom is 0.255 e. The average Bonchev–Trinajstić information content (AvgIpc) is 2.80. The number of thiophene rings is 1. The molecule has 2 N–H and O–H groups in total. The van der Waals surface area contributed by atoms with Gasteiger partial charge < -0.3 is 10.3 Å². The van der Waals surface area contributed by atoms with Crippen LogP contribution in [0.4, 0.5) is 0 Å². The number of aromatic nitrogens is 2. The Bertz CT molecular complexity index is 589. The number of hydrogen-bond acceptors (Lipinski definition) is 4. The molecular formula is C14H19N3OS. The van der Waals surface area contributed by atoms with Crippen LogP contribution >= 0.6 is 11.3 Å². The van der Waals surface area contributed by atoms with Gasteiger partial charge in [0.25, 0.3) is 5.56 Å². The zero-order valence-corrected chi connectivity index (χ0v) is 12.3. The smallest absolute Gasteiger partial charge is 0.255 e. The molecular weight excluding hydrogens is 258 g/mol. The first-order chi connectivity index (χ1) is 9.08. The van der Waals surface area contributed by atoms with Gasteiger partial charge in [0.2, 0.25) is 0 Å². The van der Waals surface area contributed by atoms with Crippen molar-refractivity contribution in [2.45, 2.75) is 33.2 Å². The van der Waals surface area contributed by atoms with Gasteiger partial charge in [-0.3, -0.25) is 4.79 Å². The SMILES string of the molecule is Cc1nc(C)c(C(C)NCCc2cccs2)c(=O)[nH]1. The normalized spacial score (nSPS) is 12.6. The topological polar surface area (TPSA) is 57.8 Å². The Morgan fingerprint density at radius 3 is 2.89 bits per heavy atom. The summed E-state index contributed by atoms with van der Waals surface area (Å²) in [6.45, 7) is 6.54. The minimum atomic E-state index is -0.0406. The lowest BCUT2D eigenvalue weighted by atomic mass is 10.1. The van der Waals surface area contributed by atoms with Gasteiger partial charge >= 0.3 is 0 Å². The summed E-state index contributed by atoms with van der Waals surface area (Å²) in [6.07, 6.45) is 0.984. The summed E-state index contributed by atoms with van der Waals surface area (Å²) in [4.78, 5) is 20.4. The summed E-state index contributed by atoms with van der Waals surface area (Å²) >= 11 is 1.76. The lowest BCUT2D eigenvalue weighted by Crippen LogP contribution is -2.29. The van der Waals surface area contributed by atoms with E-state index in [-0.39, 0.29) is 11.6 Å². The quantitative estimate of drug-likeness (QED) is 0.882. The third-order valence-corrected chi connectivity index (χ3v) is 4.04. The Morgan fingerprint density at radius 2 is 2.26 bits per heavy atom. The fraction of sp³-hybridized carbons (Fsp3) is 0.429. The van der Waals surface area contributed by atoms with Crippen molar-refractivity contribution in [3.05, 3.63) is 49.8 Å². The molecule has 102 valence electrons. The van der Waals surface area contributed by atoms with E-state index in [1.807, 2.05) is 13.8 Å². The summed E-state index contributed by atoms with van der Waals surface area (Å²) < 4.78 is 0. The Morgan fingerprint density at radius 1 is 1.47 bits per heavy atom. The second kappa shape index (κ2) is 6.12. The molecule has 2 aromatic heterocycles. The molecule has 0 spiro atoms. The summed E-state index contributed by atoms with van der Waals surface area (Å²) in [5.74, 6) is 0.664. The summed E-state index contributed by atoms with van der Waals surface area (Å²) in [6, 6.07) is 4.20. The molecule has 0 aromatic carbocycles. The lowest BCUT2D eigenvalue weighted by Gasteiger charge is -2.15. The summed E-state index contributed by atoms with van der Waals surface area (Å²) in [7, 11) is 0. The van der Waals surface area contributed by atoms with E-state index in [1.54, 1.807) is 18.3 Å². The van der Waals surface area contributed by atoms with Crippen LogP contribution in [-0.2, 0) is 6.42 Å². The molecule has 0 fully saturated rings. The number of hydrogen-bond donors (Lipinski definition) is 2. The van der Waals surface area contributed by atoms with Gasteiger partial charge in [0, 0.05) is 23.2 Å². The molecule has 5 heteroatoms. The van der Waals surface area contributed by atoms with Crippen LogP contribution in [0.25, 0.3) is 0 Å². The van der Waals surface area contributed by atoms with Gasteiger partial charge in [-0.05, 0) is 38.6 Å². The van der Waals surface area contributed by atoms with Crippen molar-refractivity contribution in [1.82, 2.24) is 15.3 Å². The Labute approximate surface area is 116 Å². The van der Waals surface area contributed by atoms with E-state index in [1.165, 1.54) is 4.88 Å². The molecule has 0 bridgehead atoms. The standard InChI is InChI=1S/C14H19N3OS/c1-9(15-7-6-12-5-4-8-19-12)13-10(2)16-11(3)17-14(13)18/h4-5,8-9,15H,6-7H2,1-3H3,(H,16,17,18). The van der Waals surface area contributed by atoms with Crippen LogP contribution < -0.4 is 10.9 Å². The van der Waals surface area contributed by atoms with Gasteiger partial charge in [-0.25, -0.2) is 4.98 Å². The van der Waals surface area contributed by atoms with Crippen LogP contribution in [0.15, 0.2) is 22.3 Å². The highest BCUT2D eigenvalue weighted by atomic mass is 32.1. The van der Waals surface area contributed by atoms with Crippen LogP contribution in [0.3, 0.4) is 0 Å². The maximum atomic E-state index is 12.0. The molecule has 2 heterocycles. The molecule has 0 saturated carbocycles. The maximum absolute atomic E-state index is 12.0. The highest BCUT2D eigenvalue weighted by molar-refractivity contribution is 7.09. The van der Waals surface area contributed by atoms with E-state index in [4.69, 9.17) is 0 Å². The van der Waals surface area contributed by atoms with Gasteiger partial charge in [-0.2, -0.15) is 0 Å². The van der Waals surface area contributed by atoms with Crippen LogP contribution in [0.5, 0.6) is 0 Å². The zero-order chi connectivity index (χ0) is 13.8. The van der Waals surface area contributed by atoms with Crippen LogP contribution in [0.1, 0.15) is 34.9 Å². The zero-order valence-electron chi connectivity index (χ0n) is 11.5. The molecule has 0 radical (unpaired) electrons. The Hall–Kier alpha value is -1.46. The highest BCUT2D eigenvalue weighted by Crippen LogP contribution is 2.12. The summed E-state index contributed by atoms with van der Waals surface area (Å²) in [5.41, 5.74) is 1.50. The minimum absolute atomic E-state index is 0.0109. The van der Waals surface area contributed by atoms with Crippen molar-refractivity contribution in [3.8, 4) is 0 Å². The number of aryl methyl sites for hydroxylation is 2. The van der Waals surface area contributed by atoms with E-state index in [0.717, 1.165) is 24.2 Å². The number of nitrogens with one attached hydrogen (secondary N) is 2. The first-order valence-corrected chi connectivity index (χ1v) is 7.29. The molecule has 1 unspecified atom stereocenters. The van der Waals surface area contributed by atoms with Gasteiger partial charge in [0.05, 0.1) is 5.56 Å². The van der Waals surface area contributed by atoms with E-state index in [0.29, 0.717) is 5.82 Å².